The fourth-order valence-corrected chi connectivity index (χ4v) is 10.1. The van der Waals surface area contributed by atoms with Gasteiger partial charge >= 0.3 is 11.9 Å². The first-order chi connectivity index (χ1) is 34.0. The number of hydrogen-bond donors (Lipinski definition) is 4. The van der Waals surface area contributed by atoms with Crippen LogP contribution < -0.4 is 21.3 Å². The lowest BCUT2D eigenvalue weighted by Crippen LogP contribution is -2.61. The van der Waals surface area contributed by atoms with E-state index in [-0.39, 0.29) is 48.7 Å². The van der Waals surface area contributed by atoms with Gasteiger partial charge < -0.3 is 40.5 Å². The zero-order valence-electron chi connectivity index (χ0n) is 49.6. The molecule has 14 heteroatoms. The van der Waals surface area contributed by atoms with Crippen molar-refractivity contribution in [2.45, 2.75) is 185 Å². The predicted octanol–water partition coefficient (Wildman–Crippen LogP) is 8.30. The van der Waals surface area contributed by atoms with Gasteiger partial charge in [0.15, 0.2) is 0 Å². The molecule has 0 saturated carbocycles. The Bertz CT molecular complexity index is 2330. The van der Waals surface area contributed by atoms with E-state index in [2.05, 4.69) is 21.3 Å². The minimum absolute atomic E-state index is 0.0370. The molecule has 4 amide bonds. The first-order valence-corrected chi connectivity index (χ1v) is 26.4. The zero-order valence-corrected chi connectivity index (χ0v) is 49.6. The Kier molecular flexibility index (Phi) is 23.6. The van der Waals surface area contributed by atoms with Crippen LogP contribution in [0, 0.1) is 36.5 Å². The first-order valence-electron chi connectivity index (χ1n) is 26.4. The molecule has 0 aliphatic rings. The molecule has 0 bridgehead atoms. The van der Waals surface area contributed by atoms with E-state index in [9.17, 15) is 28.8 Å². The highest BCUT2D eigenvalue weighted by Crippen LogP contribution is 2.34. The number of esters is 2. The number of carbonyl (C=O) groups excluding carboxylic acids is 6. The van der Waals surface area contributed by atoms with Gasteiger partial charge in [0, 0.05) is 42.5 Å². The zero-order chi connectivity index (χ0) is 57.0. The molecule has 0 saturated heterocycles. The average molecular weight is 1030 g/mol. The molecule has 74 heavy (non-hydrogen) atoms. The summed E-state index contributed by atoms with van der Waals surface area (Å²) in [5.41, 5.74) is 2.98. The van der Waals surface area contributed by atoms with Crippen molar-refractivity contribution in [1.29, 1.82) is 0 Å². The molecule has 6 atom stereocenters. The lowest BCUT2D eigenvalue weighted by molar-refractivity contribution is -0.141. The number of rotatable bonds is 24. The van der Waals surface area contributed by atoms with Crippen molar-refractivity contribution in [2.75, 3.05) is 41.4 Å². The summed E-state index contributed by atoms with van der Waals surface area (Å²) >= 11 is 0. The van der Waals surface area contributed by atoms with E-state index in [0.717, 1.165) is 27.8 Å². The number of likely N-dealkylation sites (N-methyl/N-ethyl adjacent to an activating group) is 4. The lowest BCUT2D eigenvalue weighted by atomic mass is 9.74. The largest absolute Gasteiger partial charge is 0.463 e. The van der Waals surface area contributed by atoms with E-state index in [4.69, 9.17) is 9.47 Å². The summed E-state index contributed by atoms with van der Waals surface area (Å²) in [6.07, 6.45) is 3.93. The van der Waals surface area contributed by atoms with Crippen LogP contribution in [0.25, 0.3) is 0 Å². The van der Waals surface area contributed by atoms with Crippen LogP contribution in [0.1, 0.15) is 146 Å². The first kappa shape index (κ1) is 64.8. The fourth-order valence-electron chi connectivity index (χ4n) is 10.1. The van der Waals surface area contributed by atoms with Gasteiger partial charge in [-0.05, 0) is 99.2 Å². The van der Waals surface area contributed by atoms with Crippen LogP contribution >= 0.6 is 0 Å². The number of hydrogen-bond acceptors (Lipinski definition) is 10. The summed E-state index contributed by atoms with van der Waals surface area (Å²) < 4.78 is 11.1. The van der Waals surface area contributed by atoms with Crippen molar-refractivity contribution < 1.29 is 38.2 Å². The van der Waals surface area contributed by atoms with Gasteiger partial charge in [-0.2, -0.15) is 0 Å². The highest BCUT2D eigenvalue weighted by atomic mass is 16.5. The molecule has 0 aliphatic heterocycles. The van der Waals surface area contributed by atoms with Gasteiger partial charge in [-0.25, -0.2) is 9.59 Å². The van der Waals surface area contributed by atoms with E-state index < -0.39 is 69.8 Å². The van der Waals surface area contributed by atoms with Gasteiger partial charge in [0.1, 0.15) is 12.1 Å². The molecular formula is C60H96N6O8. The summed E-state index contributed by atoms with van der Waals surface area (Å²) in [6, 6.07) is 9.82. The number of benzene rings is 2. The van der Waals surface area contributed by atoms with Gasteiger partial charge in [-0.15, -0.1) is 0 Å². The average Bonchev–Trinajstić information content (AvgIpc) is 3.29. The SMILES string of the molecule is CCOC(=O)/C(C)=C/[C@H](C(C)C)N(C)C(=O)[C@@H](NC(=O)[C@H](NC)C(C)(C)c1cccc(CCOC(=O)/C(C)=C/[C@H](C(C)C)N(C)C(=O)[C@@H](NC(=O)[C@@H](NC)C(C)(C)c2ccccc2C)C(C)(C)C)c1C)C(C)(C)C. The Balaban J connectivity index is 2.32. The predicted molar refractivity (Wildman–Crippen MR) is 298 cm³/mol. The number of carbonyl (C=O) groups is 6. The Morgan fingerprint density at radius 2 is 0.973 bits per heavy atom. The Hall–Kier alpha value is -5.34. The number of nitrogens with one attached hydrogen (secondary N) is 4. The summed E-state index contributed by atoms with van der Waals surface area (Å²) in [7, 11) is 6.89. The number of aryl methyl sites for hydroxylation is 1. The molecule has 0 heterocycles. The molecule has 0 aliphatic carbocycles. The van der Waals surface area contributed by atoms with Crippen LogP contribution in [0.15, 0.2) is 65.8 Å². The summed E-state index contributed by atoms with van der Waals surface area (Å²) in [6.45, 7) is 36.9. The maximum Gasteiger partial charge on any atom is 0.333 e. The van der Waals surface area contributed by atoms with Crippen molar-refractivity contribution >= 4 is 35.6 Å². The molecule has 2 aromatic carbocycles. The molecule has 2 rings (SSSR count). The lowest BCUT2D eigenvalue weighted by Gasteiger charge is -2.40. The number of ether oxygens (including phenoxy) is 2. The maximum absolute atomic E-state index is 14.5. The topological polar surface area (TPSA) is 175 Å². The van der Waals surface area contributed by atoms with Crippen molar-refractivity contribution in [3.05, 3.63) is 93.6 Å². The van der Waals surface area contributed by atoms with Crippen LogP contribution in [0.3, 0.4) is 0 Å². The molecule has 0 unspecified atom stereocenters. The minimum atomic E-state index is -0.896. The normalized spacial score (nSPS) is 15.4. The highest BCUT2D eigenvalue weighted by molar-refractivity contribution is 5.93. The van der Waals surface area contributed by atoms with E-state index in [0.29, 0.717) is 17.6 Å². The summed E-state index contributed by atoms with van der Waals surface area (Å²) in [4.78, 5) is 86.8. The molecule has 0 spiro atoms. The molecular weight excluding hydrogens is 933 g/mol. The Labute approximate surface area is 446 Å². The van der Waals surface area contributed by atoms with Crippen molar-refractivity contribution in [3.8, 4) is 0 Å². The standard InChI is InChI=1S/C60H96N6O8/c1-24-73-55(71)39(7)34-45(36(2)3)65(22)54(70)50(58(13,14)15)64-52(68)48(62-21)60(18,19)44-31-27-29-42(41(44)9)32-33-74-56(72)40(8)35-46(37(4)5)66(23)53(69)49(57(10,11)12)63-51(67)47(61-20)59(16,17)43-30-26-25-28-38(43)6/h25-31,34-37,45-50,61-62H,24,32-33H2,1-23H3,(H,63,67)(H,64,68)/b39-34+,40-35+/t45-,46-,47-,48+,49-,50-/m1/s1. The van der Waals surface area contributed by atoms with Crippen LogP contribution in [0.2, 0.25) is 0 Å². The van der Waals surface area contributed by atoms with Crippen LogP contribution in [0.5, 0.6) is 0 Å². The van der Waals surface area contributed by atoms with E-state index in [1.807, 2.05) is 153 Å². The third kappa shape index (κ3) is 16.3. The quantitative estimate of drug-likeness (QED) is 0.0592. The summed E-state index contributed by atoms with van der Waals surface area (Å²) in [5, 5.41) is 12.7. The smallest absolute Gasteiger partial charge is 0.333 e. The van der Waals surface area contributed by atoms with Gasteiger partial charge in [0.2, 0.25) is 23.6 Å². The van der Waals surface area contributed by atoms with Crippen LogP contribution in [0.4, 0.5) is 0 Å². The second kappa shape index (κ2) is 26.9. The number of amides is 4. The van der Waals surface area contributed by atoms with Gasteiger partial charge in [0.25, 0.3) is 0 Å². The van der Waals surface area contributed by atoms with Crippen molar-refractivity contribution in [2.24, 2.45) is 22.7 Å². The molecule has 14 nitrogen and oxygen atoms in total. The second-order valence-corrected chi connectivity index (χ2v) is 24.1. The van der Waals surface area contributed by atoms with E-state index in [1.54, 1.807) is 70.9 Å². The summed E-state index contributed by atoms with van der Waals surface area (Å²) in [5.74, 6) is -2.25. The second-order valence-electron chi connectivity index (χ2n) is 24.1. The van der Waals surface area contributed by atoms with E-state index in [1.165, 1.54) is 0 Å². The van der Waals surface area contributed by atoms with Gasteiger partial charge in [-0.1, -0.05) is 152 Å². The van der Waals surface area contributed by atoms with E-state index >= 15 is 0 Å². The number of nitrogens with zero attached hydrogens (tertiary/aromatic N) is 2. The maximum atomic E-state index is 14.5. The molecule has 0 aromatic heterocycles. The van der Waals surface area contributed by atoms with Gasteiger partial charge in [-0.3, -0.25) is 19.2 Å². The third-order valence-corrected chi connectivity index (χ3v) is 14.6. The minimum Gasteiger partial charge on any atom is -0.463 e. The third-order valence-electron chi connectivity index (χ3n) is 14.6. The van der Waals surface area contributed by atoms with Crippen molar-refractivity contribution in [3.63, 3.8) is 0 Å². The monoisotopic (exact) mass is 1030 g/mol. The molecule has 2 aromatic rings. The fraction of sp³-hybridized carbons (Fsp3) is 0.633. The van der Waals surface area contributed by atoms with Crippen molar-refractivity contribution in [1.82, 2.24) is 31.1 Å². The molecule has 4 N–H and O–H groups in total. The van der Waals surface area contributed by atoms with Gasteiger partial charge in [0.05, 0.1) is 37.4 Å². The molecule has 0 radical (unpaired) electrons. The highest BCUT2D eigenvalue weighted by Gasteiger charge is 2.44. The molecule has 414 valence electrons. The van der Waals surface area contributed by atoms with Crippen LogP contribution in [-0.4, -0.2) is 123 Å². The Morgan fingerprint density at radius 1 is 0.581 bits per heavy atom. The molecule has 0 fully saturated rings. The Morgan fingerprint density at radius 3 is 1.35 bits per heavy atom. The van der Waals surface area contributed by atoms with Crippen LogP contribution in [-0.2, 0) is 55.5 Å².